The van der Waals surface area contributed by atoms with Gasteiger partial charge in [0.25, 0.3) is 0 Å². The maximum absolute atomic E-state index is 12.0. The molecular weight excluding hydrogens is 415 g/mol. The highest BCUT2D eigenvalue weighted by Gasteiger charge is 2.55. The summed E-state index contributed by atoms with van der Waals surface area (Å²) in [5, 5.41) is 0. The standard InChI is InChI=1S/C27H39BO5/c1-16(29)30-21-13-17(24(2,3)4)14-22-23(21)19-15-18(11-12-20(19)25(5,6)31-22)28-32-26(7,8)27(9,10)33-28/h11,13-14,19-20H,12,15H2,1-10H3. The van der Waals surface area contributed by atoms with Crippen LogP contribution in [-0.2, 0) is 19.5 Å². The van der Waals surface area contributed by atoms with E-state index in [2.05, 4.69) is 74.5 Å². The van der Waals surface area contributed by atoms with E-state index in [0.717, 1.165) is 35.2 Å². The van der Waals surface area contributed by atoms with Crippen LogP contribution in [-0.4, -0.2) is 29.9 Å². The minimum Gasteiger partial charge on any atom is -0.487 e. The van der Waals surface area contributed by atoms with Crippen LogP contribution in [0.15, 0.2) is 23.7 Å². The van der Waals surface area contributed by atoms with Crippen molar-refractivity contribution in [3.8, 4) is 11.5 Å². The smallest absolute Gasteiger partial charge is 0.487 e. The summed E-state index contributed by atoms with van der Waals surface area (Å²) in [7, 11) is -0.364. The fraction of sp³-hybridized carbons (Fsp3) is 0.667. The van der Waals surface area contributed by atoms with Crippen molar-refractivity contribution in [2.45, 2.75) is 110 Å². The summed E-state index contributed by atoms with van der Waals surface area (Å²) in [6.45, 7) is 20.6. The summed E-state index contributed by atoms with van der Waals surface area (Å²) >= 11 is 0. The number of ether oxygens (including phenoxy) is 2. The second-order valence-electron chi connectivity index (χ2n) is 12.5. The SMILES string of the molecule is CC(=O)Oc1cc(C(C)(C)C)cc2c1C1CC(B3OC(C)(C)C(C)(C)O3)=CCC1C(C)(C)O2. The largest absolute Gasteiger partial charge is 0.490 e. The second kappa shape index (κ2) is 7.61. The van der Waals surface area contributed by atoms with E-state index in [1.54, 1.807) is 0 Å². The van der Waals surface area contributed by atoms with Gasteiger partial charge in [0.2, 0.25) is 0 Å². The molecule has 3 aliphatic rings. The molecule has 1 aromatic rings. The molecule has 2 heterocycles. The zero-order valence-electron chi connectivity index (χ0n) is 21.9. The van der Waals surface area contributed by atoms with Gasteiger partial charge in [-0.1, -0.05) is 26.8 Å². The van der Waals surface area contributed by atoms with Gasteiger partial charge >= 0.3 is 13.1 Å². The molecule has 2 aliphatic heterocycles. The summed E-state index contributed by atoms with van der Waals surface area (Å²) in [4.78, 5) is 12.0. The van der Waals surface area contributed by atoms with E-state index in [-0.39, 0.29) is 47.1 Å². The van der Waals surface area contributed by atoms with Crippen LogP contribution in [0.1, 0.15) is 99.1 Å². The van der Waals surface area contributed by atoms with E-state index in [0.29, 0.717) is 5.75 Å². The molecule has 1 aliphatic carbocycles. The van der Waals surface area contributed by atoms with E-state index in [1.165, 1.54) is 6.92 Å². The first-order valence-electron chi connectivity index (χ1n) is 12.1. The Morgan fingerprint density at radius 3 is 2.21 bits per heavy atom. The summed E-state index contributed by atoms with van der Waals surface area (Å²) in [6, 6.07) is 4.15. The molecule has 2 atom stereocenters. The Morgan fingerprint density at radius 2 is 1.67 bits per heavy atom. The molecule has 0 amide bonds. The van der Waals surface area contributed by atoms with Crippen LogP contribution in [0, 0.1) is 5.92 Å². The van der Waals surface area contributed by atoms with Crippen LogP contribution in [0.5, 0.6) is 11.5 Å². The van der Waals surface area contributed by atoms with Gasteiger partial charge in [-0.25, -0.2) is 0 Å². The lowest BCUT2D eigenvalue weighted by molar-refractivity contribution is -0.132. The molecule has 2 unspecified atom stereocenters. The van der Waals surface area contributed by atoms with Crippen molar-refractivity contribution in [2.24, 2.45) is 5.92 Å². The van der Waals surface area contributed by atoms with Crippen LogP contribution in [0.4, 0.5) is 0 Å². The molecular formula is C27H39BO5. The summed E-state index contributed by atoms with van der Waals surface area (Å²) in [5.41, 5.74) is 2.02. The van der Waals surface area contributed by atoms with Crippen molar-refractivity contribution >= 4 is 13.1 Å². The Morgan fingerprint density at radius 1 is 1.06 bits per heavy atom. The predicted molar refractivity (Wildman–Crippen MR) is 131 cm³/mol. The number of esters is 1. The van der Waals surface area contributed by atoms with Crippen molar-refractivity contribution in [1.82, 2.24) is 0 Å². The summed E-state index contributed by atoms with van der Waals surface area (Å²) in [6.07, 6.45) is 3.91. The van der Waals surface area contributed by atoms with Gasteiger partial charge in [0, 0.05) is 24.3 Å². The van der Waals surface area contributed by atoms with Crippen LogP contribution >= 0.6 is 0 Å². The third-order valence-corrected chi connectivity index (χ3v) is 7.99. The quantitative estimate of drug-likeness (QED) is 0.306. The van der Waals surface area contributed by atoms with Gasteiger partial charge in [-0.2, -0.15) is 0 Å². The van der Waals surface area contributed by atoms with Crippen LogP contribution in [0.2, 0.25) is 0 Å². The fourth-order valence-electron chi connectivity index (χ4n) is 5.26. The monoisotopic (exact) mass is 454 g/mol. The number of fused-ring (bicyclic) bond motifs is 3. The average molecular weight is 454 g/mol. The Hall–Kier alpha value is -1.79. The first-order chi connectivity index (χ1) is 15.0. The predicted octanol–water partition coefficient (Wildman–Crippen LogP) is 6.13. The molecule has 5 nitrogen and oxygen atoms in total. The highest BCUT2D eigenvalue weighted by Crippen LogP contribution is 2.56. The summed E-state index contributed by atoms with van der Waals surface area (Å²) in [5.74, 6) is 1.52. The lowest BCUT2D eigenvalue weighted by atomic mass is 9.60. The summed E-state index contributed by atoms with van der Waals surface area (Å²) < 4.78 is 25.1. The maximum atomic E-state index is 12.0. The molecule has 6 heteroatoms. The number of carbonyl (C=O) groups excluding carboxylic acids is 1. The molecule has 1 aromatic carbocycles. The molecule has 1 fully saturated rings. The molecule has 0 N–H and O–H groups in total. The zero-order valence-corrected chi connectivity index (χ0v) is 21.9. The van der Waals surface area contributed by atoms with Crippen LogP contribution in [0.3, 0.4) is 0 Å². The van der Waals surface area contributed by atoms with Crippen molar-refractivity contribution in [2.75, 3.05) is 0 Å². The zero-order chi connectivity index (χ0) is 24.6. The average Bonchev–Trinajstić information content (AvgIpc) is 2.86. The minimum absolute atomic E-state index is 0.103. The molecule has 33 heavy (non-hydrogen) atoms. The Labute approximate surface area is 199 Å². The van der Waals surface area contributed by atoms with Crippen molar-refractivity contribution < 1.29 is 23.6 Å². The Bertz CT molecular complexity index is 982. The highest BCUT2D eigenvalue weighted by molar-refractivity contribution is 6.54. The lowest BCUT2D eigenvalue weighted by Gasteiger charge is -2.47. The number of hydrogen-bond acceptors (Lipinski definition) is 5. The third kappa shape index (κ3) is 4.25. The number of carbonyl (C=O) groups is 1. The first-order valence-corrected chi connectivity index (χ1v) is 12.1. The topological polar surface area (TPSA) is 54.0 Å². The number of hydrogen-bond donors (Lipinski definition) is 0. The number of rotatable bonds is 2. The van der Waals surface area contributed by atoms with Crippen LogP contribution in [0.25, 0.3) is 0 Å². The van der Waals surface area contributed by atoms with Gasteiger partial charge in [0.1, 0.15) is 17.1 Å². The van der Waals surface area contributed by atoms with E-state index >= 15 is 0 Å². The van der Waals surface area contributed by atoms with Gasteiger partial charge in [-0.3, -0.25) is 4.79 Å². The van der Waals surface area contributed by atoms with E-state index in [1.807, 2.05) is 6.07 Å². The first kappa shape index (κ1) is 24.3. The molecule has 0 bridgehead atoms. The highest BCUT2D eigenvalue weighted by atomic mass is 16.7. The Kier molecular flexibility index (Phi) is 5.61. The number of allylic oxidation sites excluding steroid dienone is 2. The lowest BCUT2D eigenvalue weighted by Crippen LogP contribution is -2.46. The maximum Gasteiger partial charge on any atom is 0.490 e. The Balaban J connectivity index is 1.78. The van der Waals surface area contributed by atoms with Crippen molar-refractivity contribution in [1.29, 1.82) is 0 Å². The molecule has 0 radical (unpaired) electrons. The normalized spacial score (nSPS) is 27.2. The molecule has 4 rings (SSSR count). The van der Waals surface area contributed by atoms with Gasteiger partial charge in [0.15, 0.2) is 0 Å². The third-order valence-electron chi connectivity index (χ3n) is 7.99. The van der Waals surface area contributed by atoms with Crippen LogP contribution < -0.4 is 9.47 Å². The van der Waals surface area contributed by atoms with E-state index in [9.17, 15) is 4.79 Å². The van der Waals surface area contributed by atoms with Crippen molar-refractivity contribution in [3.05, 3.63) is 34.8 Å². The molecule has 0 aromatic heterocycles. The second-order valence-corrected chi connectivity index (χ2v) is 12.5. The van der Waals surface area contributed by atoms with E-state index in [4.69, 9.17) is 18.8 Å². The minimum atomic E-state index is -0.382. The van der Waals surface area contributed by atoms with Crippen molar-refractivity contribution in [3.63, 3.8) is 0 Å². The van der Waals surface area contributed by atoms with E-state index < -0.39 is 0 Å². The molecule has 0 saturated carbocycles. The molecule has 0 spiro atoms. The number of benzene rings is 1. The van der Waals surface area contributed by atoms with Gasteiger partial charge < -0.3 is 18.8 Å². The van der Waals surface area contributed by atoms with Gasteiger partial charge in [-0.05, 0) is 83.0 Å². The van der Waals surface area contributed by atoms with Gasteiger partial charge in [-0.15, -0.1) is 0 Å². The molecule has 1 saturated heterocycles. The fourth-order valence-corrected chi connectivity index (χ4v) is 5.26. The molecule has 180 valence electrons. The van der Waals surface area contributed by atoms with Gasteiger partial charge in [0.05, 0.1) is 11.2 Å².